The van der Waals surface area contributed by atoms with E-state index in [9.17, 15) is 9.18 Å². The fourth-order valence-electron chi connectivity index (χ4n) is 2.86. The standard InChI is InChI=1S/C20H25FN2O/c1-13(2)20(16-5-7-17(21)8-6-16)22-12-19(24)23-18-10-14(3)9-15(4)11-18/h5-11,13,20,22H,12H2,1-4H3,(H,23,24)/t20-/m0/s1. The van der Waals surface area contributed by atoms with E-state index in [0.717, 1.165) is 22.4 Å². The summed E-state index contributed by atoms with van der Waals surface area (Å²) in [6.45, 7) is 8.35. The van der Waals surface area contributed by atoms with Crippen LogP contribution in [0.25, 0.3) is 0 Å². The fourth-order valence-corrected chi connectivity index (χ4v) is 2.86. The van der Waals surface area contributed by atoms with Crippen molar-refractivity contribution in [3.63, 3.8) is 0 Å². The molecule has 3 nitrogen and oxygen atoms in total. The lowest BCUT2D eigenvalue weighted by Gasteiger charge is -2.23. The van der Waals surface area contributed by atoms with Crippen LogP contribution in [-0.4, -0.2) is 12.5 Å². The van der Waals surface area contributed by atoms with Crippen molar-refractivity contribution in [1.82, 2.24) is 5.32 Å². The van der Waals surface area contributed by atoms with Gasteiger partial charge in [-0.05, 0) is 60.7 Å². The zero-order valence-corrected chi connectivity index (χ0v) is 14.7. The Bertz CT molecular complexity index is 675. The Kier molecular flexibility index (Phi) is 6.10. The van der Waals surface area contributed by atoms with Crippen molar-refractivity contribution in [2.45, 2.75) is 33.7 Å². The van der Waals surface area contributed by atoms with Gasteiger partial charge in [-0.3, -0.25) is 4.79 Å². The van der Waals surface area contributed by atoms with E-state index in [4.69, 9.17) is 0 Å². The summed E-state index contributed by atoms with van der Waals surface area (Å²) in [7, 11) is 0. The molecule has 24 heavy (non-hydrogen) atoms. The van der Waals surface area contributed by atoms with Crippen LogP contribution in [0.2, 0.25) is 0 Å². The normalized spacial score (nSPS) is 12.2. The summed E-state index contributed by atoms with van der Waals surface area (Å²) >= 11 is 0. The van der Waals surface area contributed by atoms with Crippen molar-refractivity contribution < 1.29 is 9.18 Å². The predicted octanol–water partition coefficient (Wildman–Crippen LogP) is 4.37. The Labute approximate surface area is 143 Å². The highest BCUT2D eigenvalue weighted by atomic mass is 19.1. The molecule has 2 aromatic carbocycles. The van der Waals surface area contributed by atoms with Crippen LogP contribution in [0.3, 0.4) is 0 Å². The average molecular weight is 328 g/mol. The number of aryl methyl sites for hydroxylation is 2. The highest BCUT2D eigenvalue weighted by Gasteiger charge is 2.16. The molecule has 2 aromatic rings. The van der Waals surface area contributed by atoms with Gasteiger partial charge >= 0.3 is 0 Å². The van der Waals surface area contributed by atoms with Gasteiger partial charge in [-0.1, -0.05) is 32.0 Å². The molecule has 2 rings (SSSR count). The minimum absolute atomic E-state index is 0.00408. The van der Waals surface area contributed by atoms with Gasteiger partial charge < -0.3 is 10.6 Å². The SMILES string of the molecule is Cc1cc(C)cc(NC(=O)CN[C@H](c2ccc(F)cc2)C(C)C)c1. The van der Waals surface area contributed by atoms with E-state index in [1.54, 1.807) is 12.1 Å². The molecule has 0 aliphatic carbocycles. The predicted molar refractivity (Wildman–Crippen MR) is 96.5 cm³/mol. The lowest BCUT2D eigenvalue weighted by molar-refractivity contribution is -0.115. The summed E-state index contributed by atoms with van der Waals surface area (Å²) in [6, 6.07) is 12.4. The molecule has 2 N–H and O–H groups in total. The van der Waals surface area contributed by atoms with Gasteiger partial charge in [0, 0.05) is 11.7 Å². The van der Waals surface area contributed by atoms with Crippen molar-refractivity contribution >= 4 is 11.6 Å². The van der Waals surface area contributed by atoms with Crippen LogP contribution in [0.4, 0.5) is 10.1 Å². The number of anilines is 1. The molecular weight excluding hydrogens is 303 g/mol. The minimum Gasteiger partial charge on any atom is -0.325 e. The van der Waals surface area contributed by atoms with Crippen LogP contribution in [0.1, 0.15) is 36.6 Å². The summed E-state index contributed by atoms with van der Waals surface area (Å²) in [6.07, 6.45) is 0. The highest BCUT2D eigenvalue weighted by Crippen LogP contribution is 2.21. The first kappa shape index (κ1) is 18.1. The van der Waals surface area contributed by atoms with Crippen LogP contribution in [0.15, 0.2) is 42.5 Å². The summed E-state index contributed by atoms with van der Waals surface area (Å²) in [5.41, 5.74) is 4.02. The topological polar surface area (TPSA) is 41.1 Å². The number of rotatable bonds is 6. The largest absolute Gasteiger partial charge is 0.325 e. The maximum atomic E-state index is 13.1. The smallest absolute Gasteiger partial charge is 0.238 e. The molecule has 0 saturated heterocycles. The van der Waals surface area contributed by atoms with Crippen molar-refractivity contribution in [2.75, 3.05) is 11.9 Å². The minimum atomic E-state index is -0.256. The number of carbonyl (C=O) groups is 1. The van der Waals surface area contributed by atoms with Crippen LogP contribution in [0, 0.1) is 25.6 Å². The zero-order valence-electron chi connectivity index (χ0n) is 14.7. The van der Waals surface area contributed by atoms with Crippen LogP contribution in [-0.2, 0) is 4.79 Å². The molecule has 0 aromatic heterocycles. The Hall–Kier alpha value is -2.20. The maximum Gasteiger partial charge on any atom is 0.238 e. The number of hydrogen-bond acceptors (Lipinski definition) is 2. The molecule has 1 amide bonds. The second-order valence-corrected chi connectivity index (χ2v) is 6.58. The number of nitrogens with one attached hydrogen (secondary N) is 2. The number of hydrogen-bond donors (Lipinski definition) is 2. The van der Waals surface area contributed by atoms with E-state index in [1.165, 1.54) is 12.1 Å². The Morgan fingerprint density at radius 1 is 1.04 bits per heavy atom. The molecule has 0 bridgehead atoms. The Morgan fingerprint density at radius 3 is 2.17 bits per heavy atom. The quantitative estimate of drug-likeness (QED) is 0.827. The highest BCUT2D eigenvalue weighted by molar-refractivity contribution is 5.92. The van der Waals surface area contributed by atoms with Gasteiger partial charge in [-0.15, -0.1) is 0 Å². The van der Waals surface area contributed by atoms with Gasteiger partial charge in [-0.2, -0.15) is 0 Å². The van der Waals surface area contributed by atoms with Crippen molar-refractivity contribution in [2.24, 2.45) is 5.92 Å². The molecule has 4 heteroatoms. The first-order valence-electron chi connectivity index (χ1n) is 8.22. The van der Waals surface area contributed by atoms with E-state index in [2.05, 4.69) is 30.5 Å². The summed E-state index contributed by atoms with van der Waals surface area (Å²) in [5.74, 6) is -0.0638. The van der Waals surface area contributed by atoms with Gasteiger partial charge in [0.15, 0.2) is 0 Å². The number of carbonyl (C=O) groups excluding carboxylic acids is 1. The third-order valence-corrected chi connectivity index (χ3v) is 3.88. The maximum absolute atomic E-state index is 13.1. The summed E-state index contributed by atoms with van der Waals surface area (Å²) < 4.78 is 13.1. The first-order chi connectivity index (χ1) is 11.3. The van der Waals surface area contributed by atoms with Gasteiger partial charge in [-0.25, -0.2) is 4.39 Å². The number of halogens is 1. The second kappa shape index (κ2) is 8.06. The molecule has 0 radical (unpaired) electrons. The molecular formula is C20H25FN2O. The third kappa shape index (κ3) is 5.17. The first-order valence-corrected chi connectivity index (χ1v) is 8.22. The number of amides is 1. The molecule has 0 heterocycles. The molecule has 0 aliphatic heterocycles. The number of benzene rings is 2. The van der Waals surface area contributed by atoms with Crippen LogP contribution in [0.5, 0.6) is 0 Å². The lowest BCUT2D eigenvalue weighted by Crippen LogP contribution is -2.33. The van der Waals surface area contributed by atoms with E-state index in [0.29, 0.717) is 0 Å². The van der Waals surface area contributed by atoms with Crippen LogP contribution >= 0.6 is 0 Å². The second-order valence-electron chi connectivity index (χ2n) is 6.58. The third-order valence-electron chi connectivity index (χ3n) is 3.88. The van der Waals surface area contributed by atoms with E-state index < -0.39 is 0 Å². The molecule has 0 aliphatic rings. The van der Waals surface area contributed by atoms with Gasteiger partial charge in [0.05, 0.1) is 6.54 Å². The van der Waals surface area contributed by atoms with Gasteiger partial charge in [0.25, 0.3) is 0 Å². The molecule has 128 valence electrons. The van der Waals surface area contributed by atoms with Crippen LogP contribution < -0.4 is 10.6 Å². The summed E-state index contributed by atoms with van der Waals surface area (Å²) in [5, 5.41) is 6.19. The fraction of sp³-hybridized carbons (Fsp3) is 0.350. The summed E-state index contributed by atoms with van der Waals surface area (Å²) in [4.78, 5) is 12.2. The molecule has 0 spiro atoms. The Morgan fingerprint density at radius 2 is 1.62 bits per heavy atom. The average Bonchev–Trinajstić information content (AvgIpc) is 2.47. The molecule has 0 fully saturated rings. The van der Waals surface area contributed by atoms with Crippen molar-refractivity contribution in [3.05, 3.63) is 65.0 Å². The molecule has 1 atom stereocenters. The van der Waals surface area contributed by atoms with E-state index in [-0.39, 0.29) is 30.2 Å². The van der Waals surface area contributed by atoms with Crippen molar-refractivity contribution in [3.8, 4) is 0 Å². The zero-order chi connectivity index (χ0) is 17.7. The van der Waals surface area contributed by atoms with Gasteiger partial charge in [0.2, 0.25) is 5.91 Å². The van der Waals surface area contributed by atoms with Gasteiger partial charge in [0.1, 0.15) is 5.82 Å². The van der Waals surface area contributed by atoms with Crippen molar-refractivity contribution in [1.29, 1.82) is 0 Å². The van der Waals surface area contributed by atoms with E-state index in [1.807, 2.05) is 26.0 Å². The molecule has 0 unspecified atom stereocenters. The lowest BCUT2D eigenvalue weighted by atomic mass is 9.96. The monoisotopic (exact) mass is 328 g/mol. The molecule has 0 saturated carbocycles. The Balaban J connectivity index is 1.98. The van der Waals surface area contributed by atoms with E-state index >= 15 is 0 Å².